The van der Waals surface area contributed by atoms with E-state index in [0.29, 0.717) is 0 Å². The third-order valence-electron chi connectivity index (χ3n) is 3.71. The third kappa shape index (κ3) is 4.10. The second kappa shape index (κ2) is 7.11. The van der Waals surface area contributed by atoms with Gasteiger partial charge in [-0.15, -0.1) is 0 Å². The number of methoxy groups -OCH3 is 1. The van der Waals surface area contributed by atoms with E-state index in [-0.39, 0.29) is 6.04 Å². The Kier molecular flexibility index (Phi) is 5.19. The van der Waals surface area contributed by atoms with Crippen LogP contribution in [0, 0.1) is 6.92 Å². The van der Waals surface area contributed by atoms with Crippen molar-refractivity contribution in [2.75, 3.05) is 7.11 Å². The molecule has 106 valence electrons. The van der Waals surface area contributed by atoms with E-state index in [1.54, 1.807) is 7.11 Å². The molecular formula is C18H23NO. The summed E-state index contributed by atoms with van der Waals surface area (Å²) in [5.74, 6) is 0.901. The summed E-state index contributed by atoms with van der Waals surface area (Å²) in [5, 5.41) is 0. The number of hydrogen-bond donors (Lipinski definition) is 1. The van der Waals surface area contributed by atoms with E-state index < -0.39 is 0 Å². The van der Waals surface area contributed by atoms with Crippen molar-refractivity contribution in [1.82, 2.24) is 0 Å². The molecule has 0 fully saturated rings. The molecule has 0 bridgehead atoms. The number of nitrogens with two attached hydrogens (primary N) is 1. The molecule has 20 heavy (non-hydrogen) atoms. The maximum absolute atomic E-state index is 6.25. The molecule has 1 unspecified atom stereocenters. The van der Waals surface area contributed by atoms with Crippen LogP contribution in [0.25, 0.3) is 0 Å². The lowest BCUT2D eigenvalue weighted by Crippen LogP contribution is -2.23. The van der Waals surface area contributed by atoms with Crippen LogP contribution >= 0.6 is 0 Å². The lowest BCUT2D eigenvalue weighted by atomic mass is 9.97. The lowest BCUT2D eigenvalue weighted by molar-refractivity contribution is 0.414. The van der Waals surface area contributed by atoms with Crippen LogP contribution in [0.2, 0.25) is 0 Å². The molecule has 0 aromatic heterocycles. The van der Waals surface area contributed by atoms with Crippen LogP contribution in [0.1, 0.15) is 23.1 Å². The van der Waals surface area contributed by atoms with Crippen LogP contribution in [0.3, 0.4) is 0 Å². The molecule has 2 nitrogen and oxygen atoms in total. The van der Waals surface area contributed by atoms with Crippen molar-refractivity contribution in [3.63, 3.8) is 0 Å². The summed E-state index contributed by atoms with van der Waals surface area (Å²) in [5.41, 5.74) is 10.2. The van der Waals surface area contributed by atoms with Crippen LogP contribution in [0.15, 0.2) is 48.5 Å². The number of hydrogen-bond acceptors (Lipinski definition) is 2. The fourth-order valence-corrected chi connectivity index (χ4v) is 2.37. The molecule has 0 saturated carbocycles. The summed E-state index contributed by atoms with van der Waals surface area (Å²) in [6, 6.07) is 16.9. The van der Waals surface area contributed by atoms with Gasteiger partial charge in [-0.1, -0.05) is 36.4 Å². The van der Waals surface area contributed by atoms with Gasteiger partial charge < -0.3 is 10.5 Å². The molecule has 2 N–H and O–H groups in total. The Hall–Kier alpha value is -1.80. The van der Waals surface area contributed by atoms with Gasteiger partial charge in [-0.2, -0.15) is 0 Å². The second-order valence-electron chi connectivity index (χ2n) is 5.28. The van der Waals surface area contributed by atoms with Gasteiger partial charge in [-0.05, 0) is 55.0 Å². The van der Waals surface area contributed by atoms with Crippen molar-refractivity contribution in [2.45, 2.75) is 32.2 Å². The van der Waals surface area contributed by atoms with Crippen molar-refractivity contribution in [2.24, 2.45) is 5.73 Å². The highest BCUT2D eigenvalue weighted by Crippen LogP contribution is 2.15. The first-order valence-electron chi connectivity index (χ1n) is 7.12. The Morgan fingerprint density at radius 1 is 1.05 bits per heavy atom. The SMILES string of the molecule is COc1ccc(CCC(N)Cc2ccccc2C)cc1. The van der Waals surface area contributed by atoms with Gasteiger partial charge in [0.1, 0.15) is 5.75 Å². The number of rotatable bonds is 6. The fraction of sp³-hybridized carbons (Fsp3) is 0.333. The highest BCUT2D eigenvalue weighted by atomic mass is 16.5. The Morgan fingerprint density at radius 3 is 2.40 bits per heavy atom. The van der Waals surface area contributed by atoms with Gasteiger partial charge in [0.05, 0.1) is 7.11 Å². The van der Waals surface area contributed by atoms with E-state index in [1.807, 2.05) is 12.1 Å². The second-order valence-corrected chi connectivity index (χ2v) is 5.28. The van der Waals surface area contributed by atoms with Crippen LogP contribution in [0.5, 0.6) is 5.75 Å². The monoisotopic (exact) mass is 269 g/mol. The molecule has 0 aliphatic carbocycles. The highest BCUT2D eigenvalue weighted by Gasteiger charge is 2.06. The molecule has 2 aromatic carbocycles. The minimum atomic E-state index is 0.207. The summed E-state index contributed by atoms with van der Waals surface area (Å²) >= 11 is 0. The van der Waals surface area contributed by atoms with E-state index in [4.69, 9.17) is 10.5 Å². The quantitative estimate of drug-likeness (QED) is 0.871. The largest absolute Gasteiger partial charge is 0.497 e. The van der Waals surface area contributed by atoms with Crippen LogP contribution in [-0.4, -0.2) is 13.2 Å². The Morgan fingerprint density at radius 2 is 1.75 bits per heavy atom. The first kappa shape index (κ1) is 14.6. The molecule has 0 aliphatic rings. The van der Waals surface area contributed by atoms with E-state index in [9.17, 15) is 0 Å². The standard InChI is InChI=1S/C18H23NO/c1-14-5-3-4-6-16(14)13-17(19)10-7-15-8-11-18(20-2)12-9-15/h3-6,8-9,11-12,17H,7,10,13,19H2,1-2H3. The maximum Gasteiger partial charge on any atom is 0.118 e. The van der Waals surface area contributed by atoms with Crippen molar-refractivity contribution in [3.8, 4) is 5.75 Å². The maximum atomic E-state index is 6.25. The van der Waals surface area contributed by atoms with E-state index in [0.717, 1.165) is 25.0 Å². The Balaban J connectivity index is 1.85. The smallest absolute Gasteiger partial charge is 0.118 e. The first-order valence-corrected chi connectivity index (χ1v) is 7.12. The molecule has 0 amide bonds. The minimum absolute atomic E-state index is 0.207. The zero-order valence-corrected chi connectivity index (χ0v) is 12.3. The molecule has 0 heterocycles. The fourth-order valence-electron chi connectivity index (χ4n) is 2.37. The average Bonchev–Trinajstić information content (AvgIpc) is 2.48. The third-order valence-corrected chi connectivity index (χ3v) is 3.71. The molecule has 0 radical (unpaired) electrons. The topological polar surface area (TPSA) is 35.2 Å². The Labute approximate surface area is 121 Å². The molecule has 2 heteroatoms. The van der Waals surface area contributed by atoms with Gasteiger partial charge in [-0.3, -0.25) is 0 Å². The highest BCUT2D eigenvalue weighted by molar-refractivity contribution is 5.28. The molecule has 1 atom stereocenters. The van der Waals surface area contributed by atoms with E-state index in [1.165, 1.54) is 16.7 Å². The molecular weight excluding hydrogens is 246 g/mol. The molecule has 0 saturated heterocycles. The molecule has 0 spiro atoms. The zero-order chi connectivity index (χ0) is 14.4. The van der Waals surface area contributed by atoms with Gasteiger partial charge in [0, 0.05) is 6.04 Å². The van der Waals surface area contributed by atoms with Gasteiger partial charge in [0.25, 0.3) is 0 Å². The Bertz CT molecular complexity index is 533. The van der Waals surface area contributed by atoms with Crippen molar-refractivity contribution in [1.29, 1.82) is 0 Å². The molecule has 2 aromatic rings. The van der Waals surface area contributed by atoms with Crippen molar-refractivity contribution < 1.29 is 4.74 Å². The normalized spacial score (nSPS) is 12.2. The summed E-state index contributed by atoms with van der Waals surface area (Å²) < 4.78 is 5.16. The van der Waals surface area contributed by atoms with Gasteiger partial charge in [-0.25, -0.2) is 0 Å². The summed E-state index contributed by atoms with van der Waals surface area (Å²) in [6.45, 7) is 2.14. The van der Waals surface area contributed by atoms with Crippen LogP contribution < -0.4 is 10.5 Å². The zero-order valence-electron chi connectivity index (χ0n) is 12.3. The minimum Gasteiger partial charge on any atom is -0.497 e. The predicted molar refractivity (Wildman–Crippen MR) is 84.2 cm³/mol. The number of ether oxygens (including phenoxy) is 1. The van der Waals surface area contributed by atoms with E-state index in [2.05, 4.69) is 43.3 Å². The summed E-state index contributed by atoms with van der Waals surface area (Å²) in [4.78, 5) is 0. The van der Waals surface area contributed by atoms with Crippen LogP contribution in [-0.2, 0) is 12.8 Å². The van der Waals surface area contributed by atoms with Crippen LogP contribution in [0.4, 0.5) is 0 Å². The van der Waals surface area contributed by atoms with Gasteiger partial charge in [0.15, 0.2) is 0 Å². The average molecular weight is 269 g/mol. The molecule has 0 aliphatic heterocycles. The van der Waals surface area contributed by atoms with Gasteiger partial charge in [0.2, 0.25) is 0 Å². The van der Waals surface area contributed by atoms with E-state index >= 15 is 0 Å². The number of aryl methyl sites for hydroxylation is 2. The molecule has 2 rings (SSSR count). The van der Waals surface area contributed by atoms with Crippen molar-refractivity contribution in [3.05, 3.63) is 65.2 Å². The number of benzene rings is 2. The lowest BCUT2D eigenvalue weighted by Gasteiger charge is -2.13. The summed E-state index contributed by atoms with van der Waals surface area (Å²) in [6.07, 6.45) is 2.96. The first-order chi connectivity index (χ1) is 9.69. The predicted octanol–water partition coefficient (Wildman–Crippen LogP) is 3.51. The van der Waals surface area contributed by atoms with Crippen molar-refractivity contribution >= 4 is 0 Å². The van der Waals surface area contributed by atoms with Gasteiger partial charge >= 0.3 is 0 Å². The summed E-state index contributed by atoms with van der Waals surface area (Å²) in [7, 11) is 1.69.